The number of carboxylic acid groups (broad SMARTS) is 1. The Kier molecular flexibility index (Phi) is 10.6. The number of hydrogen-bond donors (Lipinski definition) is 2. The molecule has 1 saturated heterocycles. The zero-order valence-corrected chi connectivity index (χ0v) is 24.2. The third-order valence-electron chi connectivity index (χ3n) is 7.37. The summed E-state index contributed by atoms with van der Waals surface area (Å²) in [6.07, 6.45) is 3.28. The lowest BCUT2D eigenvalue weighted by molar-refractivity contribution is -0.139. The number of ether oxygens (including phenoxy) is 2. The van der Waals surface area contributed by atoms with E-state index in [0.29, 0.717) is 30.9 Å². The summed E-state index contributed by atoms with van der Waals surface area (Å²) in [5.74, 6) is 0.0848. The van der Waals surface area contributed by atoms with Gasteiger partial charge in [0.2, 0.25) is 0 Å². The zero-order valence-electron chi connectivity index (χ0n) is 23.3. The van der Waals surface area contributed by atoms with Crippen molar-refractivity contribution in [1.29, 1.82) is 0 Å². The van der Waals surface area contributed by atoms with Crippen LogP contribution < -0.4 is 10.1 Å². The molecule has 7 nitrogen and oxygen atoms in total. The number of likely N-dealkylation sites (tertiary alicyclic amines) is 1. The average molecular weight is 563 g/mol. The fraction of sp³-hybridized carbons (Fsp3) is 0.375. The molecule has 40 heavy (non-hydrogen) atoms. The van der Waals surface area contributed by atoms with Crippen molar-refractivity contribution in [2.45, 2.75) is 44.5 Å². The number of benzene rings is 3. The number of methoxy groups -OCH3 is 1. The van der Waals surface area contributed by atoms with E-state index in [1.165, 1.54) is 0 Å². The average Bonchev–Trinajstić information content (AvgIpc) is 3.36. The molecule has 1 aliphatic rings. The van der Waals surface area contributed by atoms with Crippen LogP contribution in [0.15, 0.2) is 72.8 Å². The second kappa shape index (κ2) is 14.3. The van der Waals surface area contributed by atoms with Gasteiger partial charge in [-0.3, -0.25) is 9.69 Å². The van der Waals surface area contributed by atoms with Crippen molar-refractivity contribution in [3.63, 3.8) is 0 Å². The molecule has 0 aliphatic carbocycles. The van der Waals surface area contributed by atoms with Crippen LogP contribution in [-0.4, -0.2) is 72.3 Å². The second-order valence-corrected chi connectivity index (χ2v) is 11.1. The maximum atomic E-state index is 13.4. The van der Waals surface area contributed by atoms with Gasteiger partial charge in [0, 0.05) is 31.8 Å². The molecule has 1 amide bonds. The van der Waals surface area contributed by atoms with Crippen LogP contribution in [0.5, 0.6) is 5.75 Å². The van der Waals surface area contributed by atoms with Gasteiger partial charge in [-0.15, -0.1) is 0 Å². The highest BCUT2D eigenvalue weighted by atomic mass is 32.2. The van der Waals surface area contributed by atoms with Crippen LogP contribution in [0.2, 0.25) is 0 Å². The smallest absolute Gasteiger partial charge is 0.326 e. The number of carboxylic acids is 1. The Hall–Kier alpha value is -3.33. The number of thioether (sulfide) groups is 1. The Morgan fingerprint density at radius 2 is 1.82 bits per heavy atom. The maximum Gasteiger partial charge on any atom is 0.326 e. The summed E-state index contributed by atoms with van der Waals surface area (Å²) < 4.78 is 11.8. The highest BCUT2D eigenvalue weighted by Gasteiger charge is 2.33. The van der Waals surface area contributed by atoms with Crippen LogP contribution in [0.1, 0.15) is 34.3 Å². The van der Waals surface area contributed by atoms with Crippen molar-refractivity contribution in [2.75, 3.05) is 32.3 Å². The molecule has 0 spiro atoms. The molecule has 0 bridgehead atoms. The SMILES string of the molecule is CO[C@H]1C[C@@H](COc2ccccc2)N(Cc2ccc(C(=O)N[C@@H](CCSC)C(=O)O)c(-c3ccccc3C)c2)C1. The molecule has 8 heteroatoms. The van der Waals surface area contributed by atoms with Crippen LogP contribution in [0.4, 0.5) is 0 Å². The molecule has 4 rings (SSSR count). The van der Waals surface area contributed by atoms with Crippen molar-refractivity contribution >= 4 is 23.6 Å². The van der Waals surface area contributed by atoms with Gasteiger partial charge in [-0.1, -0.05) is 48.5 Å². The van der Waals surface area contributed by atoms with Crippen LogP contribution >= 0.6 is 11.8 Å². The number of rotatable bonds is 13. The third kappa shape index (κ3) is 7.65. The van der Waals surface area contributed by atoms with Gasteiger partial charge in [0.15, 0.2) is 0 Å². The van der Waals surface area contributed by atoms with Gasteiger partial charge in [-0.05, 0) is 78.3 Å². The van der Waals surface area contributed by atoms with Gasteiger partial charge < -0.3 is 19.9 Å². The molecular formula is C32H38N2O5S. The van der Waals surface area contributed by atoms with Crippen molar-refractivity contribution in [3.8, 4) is 16.9 Å². The Morgan fingerprint density at radius 3 is 2.52 bits per heavy atom. The molecule has 2 N–H and O–H groups in total. The van der Waals surface area contributed by atoms with Gasteiger partial charge in [0.1, 0.15) is 18.4 Å². The van der Waals surface area contributed by atoms with E-state index in [0.717, 1.165) is 41.0 Å². The van der Waals surface area contributed by atoms with E-state index >= 15 is 0 Å². The molecule has 0 aromatic heterocycles. The molecule has 1 heterocycles. The molecular weight excluding hydrogens is 524 g/mol. The van der Waals surface area contributed by atoms with Crippen molar-refractivity contribution < 1.29 is 24.2 Å². The summed E-state index contributed by atoms with van der Waals surface area (Å²) in [6, 6.07) is 22.8. The normalized spacial score (nSPS) is 17.9. The Balaban J connectivity index is 1.59. The molecule has 3 atom stereocenters. The second-order valence-electron chi connectivity index (χ2n) is 10.1. The molecule has 3 aromatic carbocycles. The number of carbonyl (C=O) groups excluding carboxylic acids is 1. The van der Waals surface area contributed by atoms with E-state index in [4.69, 9.17) is 9.47 Å². The van der Waals surface area contributed by atoms with Gasteiger partial charge in [0.05, 0.1) is 6.10 Å². The number of nitrogens with zero attached hydrogens (tertiary/aromatic N) is 1. The Labute approximate surface area is 240 Å². The van der Waals surface area contributed by atoms with Crippen molar-refractivity contribution in [1.82, 2.24) is 10.2 Å². The molecule has 1 aliphatic heterocycles. The zero-order chi connectivity index (χ0) is 28.5. The summed E-state index contributed by atoms with van der Waals surface area (Å²) in [7, 11) is 1.75. The first-order chi connectivity index (χ1) is 19.4. The maximum absolute atomic E-state index is 13.4. The van der Waals surface area contributed by atoms with Crippen LogP contribution in [0.25, 0.3) is 11.1 Å². The topological polar surface area (TPSA) is 88.1 Å². The van der Waals surface area contributed by atoms with Gasteiger partial charge in [-0.25, -0.2) is 4.79 Å². The molecule has 1 fully saturated rings. The number of carbonyl (C=O) groups is 2. The van der Waals surface area contributed by atoms with Crippen LogP contribution in [0, 0.1) is 6.92 Å². The van der Waals surface area contributed by atoms with Crippen molar-refractivity contribution in [3.05, 3.63) is 89.5 Å². The van der Waals surface area contributed by atoms with E-state index in [2.05, 4.69) is 16.3 Å². The largest absolute Gasteiger partial charge is 0.492 e. The molecule has 212 valence electrons. The predicted molar refractivity (Wildman–Crippen MR) is 160 cm³/mol. The minimum Gasteiger partial charge on any atom is -0.492 e. The van der Waals surface area contributed by atoms with E-state index in [-0.39, 0.29) is 18.1 Å². The Morgan fingerprint density at radius 1 is 1.07 bits per heavy atom. The standard InChI is InChI=1S/C32H38N2O5S/c1-22-9-7-8-12-27(22)29-17-23(13-14-28(29)31(35)33-30(32(36)37)15-16-40-3)19-34-20-26(38-2)18-24(34)21-39-25-10-5-4-6-11-25/h4-14,17,24,26,30H,15-16,18-21H2,1-3H3,(H,33,35)(H,36,37)/t24-,26-,30-/m0/s1. The summed E-state index contributed by atoms with van der Waals surface area (Å²) in [5.41, 5.74) is 4.31. The number of amides is 1. The quantitative estimate of drug-likeness (QED) is 0.294. The molecule has 3 aromatic rings. The highest BCUT2D eigenvalue weighted by Crippen LogP contribution is 2.30. The number of nitrogens with one attached hydrogen (secondary N) is 1. The van der Waals surface area contributed by atoms with E-state index in [9.17, 15) is 14.7 Å². The minimum atomic E-state index is -1.03. The number of aryl methyl sites for hydroxylation is 1. The summed E-state index contributed by atoms with van der Waals surface area (Å²) in [4.78, 5) is 27.6. The van der Waals surface area contributed by atoms with E-state index in [1.807, 2.05) is 79.9 Å². The first-order valence-corrected chi connectivity index (χ1v) is 14.9. The van der Waals surface area contributed by atoms with Gasteiger partial charge in [0.25, 0.3) is 5.91 Å². The van der Waals surface area contributed by atoms with Crippen molar-refractivity contribution in [2.24, 2.45) is 0 Å². The summed E-state index contributed by atoms with van der Waals surface area (Å²) in [6.45, 7) is 4.04. The van der Waals surface area contributed by atoms with Crippen LogP contribution in [0.3, 0.4) is 0 Å². The number of para-hydroxylation sites is 1. The first-order valence-electron chi connectivity index (χ1n) is 13.6. The highest BCUT2D eigenvalue weighted by molar-refractivity contribution is 7.98. The van der Waals surface area contributed by atoms with E-state index in [1.54, 1.807) is 18.9 Å². The first kappa shape index (κ1) is 29.6. The summed E-state index contributed by atoms with van der Waals surface area (Å²) >= 11 is 1.56. The number of aliphatic carboxylic acids is 1. The lowest BCUT2D eigenvalue weighted by Crippen LogP contribution is -2.41. The molecule has 0 radical (unpaired) electrons. The van der Waals surface area contributed by atoms with Gasteiger partial charge in [-0.2, -0.15) is 11.8 Å². The fourth-order valence-corrected chi connectivity index (χ4v) is 5.61. The van der Waals surface area contributed by atoms with Crippen LogP contribution in [-0.2, 0) is 16.1 Å². The Bertz CT molecular complexity index is 1290. The lowest BCUT2D eigenvalue weighted by atomic mass is 9.93. The molecule has 0 unspecified atom stereocenters. The predicted octanol–water partition coefficient (Wildman–Crippen LogP) is 5.27. The van der Waals surface area contributed by atoms with Gasteiger partial charge >= 0.3 is 5.97 Å². The fourth-order valence-electron chi connectivity index (χ4n) is 5.13. The molecule has 0 saturated carbocycles. The number of hydrogen-bond acceptors (Lipinski definition) is 6. The summed E-state index contributed by atoms with van der Waals surface area (Å²) in [5, 5.41) is 12.4. The third-order valence-corrected chi connectivity index (χ3v) is 8.02. The lowest BCUT2D eigenvalue weighted by Gasteiger charge is -2.25. The minimum absolute atomic E-state index is 0.125. The van der Waals surface area contributed by atoms with E-state index < -0.39 is 12.0 Å². The monoisotopic (exact) mass is 562 g/mol.